The minimum absolute atomic E-state index is 0.148. The van der Waals surface area contributed by atoms with Crippen LogP contribution in [0.4, 0.5) is 0 Å². The van der Waals surface area contributed by atoms with Crippen molar-refractivity contribution in [3.63, 3.8) is 0 Å². The van der Waals surface area contributed by atoms with Gasteiger partial charge in [0.05, 0.1) is 0 Å². The summed E-state index contributed by atoms with van der Waals surface area (Å²) in [6.07, 6.45) is 1.69. The fourth-order valence-electron chi connectivity index (χ4n) is 1.37. The van der Waals surface area contributed by atoms with Crippen LogP contribution in [0, 0.1) is 0 Å². The quantitative estimate of drug-likeness (QED) is 0.613. The van der Waals surface area contributed by atoms with Gasteiger partial charge in [-0.2, -0.15) is 0 Å². The molecule has 0 spiro atoms. The van der Waals surface area contributed by atoms with Crippen molar-refractivity contribution in [2.45, 2.75) is 0 Å². The van der Waals surface area contributed by atoms with Crippen LogP contribution in [0.5, 0.6) is 0 Å². The summed E-state index contributed by atoms with van der Waals surface area (Å²) >= 11 is 11.0. The molecule has 0 bridgehead atoms. The Labute approximate surface area is 104 Å². The van der Waals surface area contributed by atoms with Gasteiger partial charge in [0.15, 0.2) is 5.11 Å². The number of nitrogens with zero attached hydrogens (tertiary/aromatic N) is 1. The summed E-state index contributed by atoms with van der Waals surface area (Å²) in [6, 6.07) is 7.31. The predicted molar refractivity (Wildman–Crippen MR) is 67.9 cm³/mol. The van der Waals surface area contributed by atoms with Crippen LogP contribution in [-0.2, 0) is 4.79 Å². The highest BCUT2D eigenvalue weighted by Gasteiger charge is 2.26. The number of halogens is 1. The molecule has 1 N–H and O–H groups in total. The van der Waals surface area contributed by atoms with Gasteiger partial charge in [-0.15, -0.1) is 0 Å². The zero-order valence-electron chi connectivity index (χ0n) is 8.53. The maximum absolute atomic E-state index is 11.7. The first-order valence-corrected chi connectivity index (χ1v) is 5.43. The third-order valence-corrected chi connectivity index (χ3v) is 3.01. The van der Waals surface area contributed by atoms with E-state index in [0.717, 1.165) is 5.56 Å². The van der Waals surface area contributed by atoms with Gasteiger partial charge in [0, 0.05) is 12.1 Å². The summed E-state index contributed by atoms with van der Waals surface area (Å²) in [5.74, 6) is -0.148. The Balaban J connectivity index is 2.37. The van der Waals surface area contributed by atoms with Crippen LogP contribution in [0.1, 0.15) is 5.56 Å². The lowest BCUT2D eigenvalue weighted by atomic mass is 10.2. The van der Waals surface area contributed by atoms with E-state index < -0.39 is 0 Å². The van der Waals surface area contributed by atoms with Gasteiger partial charge in [-0.3, -0.25) is 9.69 Å². The Kier molecular flexibility index (Phi) is 2.94. The molecule has 3 nitrogen and oxygen atoms in total. The zero-order valence-corrected chi connectivity index (χ0v) is 10.1. The Bertz CT molecular complexity index is 499. The Morgan fingerprint density at radius 1 is 1.44 bits per heavy atom. The molecule has 0 aliphatic carbocycles. The van der Waals surface area contributed by atoms with Crippen LogP contribution in [0.2, 0.25) is 5.02 Å². The van der Waals surface area contributed by atoms with Crippen LogP contribution in [0.25, 0.3) is 6.08 Å². The van der Waals surface area contributed by atoms with E-state index in [9.17, 15) is 4.79 Å². The predicted octanol–water partition coefficient (Wildman–Crippen LogP) is 2.03. The van der Waals surface area contributed by atoms with Crippen molar-refractivity contribution in [2.75, 3.05) is 7.05 Å². The molecule has 1 heterocycles. The second-order valence-corrected chi connectivity index (χ2v) is 4.17. The first-order valence-electron chi connectivity index (χ1n) is 4.65. The van der Waals surface area contributed by atoms with Crippen LogP contribution in [0.3, 0.4) is 0 Å². The Morgan fingerprint density at radius 3 is 2.69 bits per heavy atom. The topological polar surface area (TPSA) is 32.3 Å². The molecule has 0 aromatic heterocycles. The van der Waals surface area contributed by atoms with Crippen molar-refractivity contribution in [1.82, 2.24) is 10.2 Å². The zero-order chi connectivity index (χ0) is 11.7. The summed E-state index contributed by atoms with van der Waals surface area (Å²) < 4.78 is 0. The van der Waals surface area contributed by atoms with E-state index >= 15 is 0 Å². The lowest BCUT2D eigenvalue weighted by Gasteiger charge is -2.02. The summed E-state index contributed by atoms with van der Waals surface area (Å²) in [6.45, 7) is 0. The van der Waals surface area contributed by atoms with Crippen molar-refractivity contribution in [3.8, 4) is 0 Å². The minimum Gasteiger partial charge on any atom is -0.328 e. The van der Waals surface area contributed by atoms with Gasteiger partial charge < -0.3 is 5.32 Å². The largest absolute Gasteiger partial charge is 0.328 e. The standard InChI is InChI=1S/C11H9ClN2OS/c1-14-10(15)9(13-11(14)16)6-7-4-2-3-5-8(7)12/h2-6H,1H3,(H,13,16). The normalized spacial score (nSPS) is 18.1. The highest BCUT2D eigenvalue weighted by atomic mass is 35.5. The molecule has 16 heavy (non-hydrogen) atoms. The van der Waals surface area contributed by atoms with E-state index in [1.165, 1.54) is 4.90 Å². The molecule has 1 aromatic carbocycles. The highest BCUT2D eigenvalue weighted by molar-refractivity contribution is 7.80. The van der Waals surface area contributed by atoms with E-state index in [4.69, 9.17) is 23.8 Å². The monoisotopic (exact) mass is 252 g/mol. The molecule has 1 amide bonds. The van der Waals surface area contributed by atoms with Crippen LogP contribution < -0.4 is 5.32 Å². The molecule has 2 rings (SSSR count). The Hall–Kier alpha value is -1.39. The first-order chi connectivity index (χ1) is 7.59. The summed E-state index contributed by atoms with van der Waals surface area (Å²) in [5, 5.41) is 3.85. The van der Waals surface area contributed by atoms with E-state index in [0.29, 0.717) is 15.8 Å². The number of hydrogen-bond donors (Lipinski definition) is 1. The van der Waals surface area contributed by atoms with Crippen molar-refractivity contribution >= 4 is 40.9 Å². The third-order valence-electron chi connectivity index (χ3n) is 2.29. The third kappa shape index (κ3) is 1.94. The number of rotatable bonds is 1. The minimum atomic E-state index is -0.148. The molecule has 0 unspecified atom stereocenters. The van der Waals surface area contributed by atoms with Gasteiger partial charge in [-0.1, -0.05) is 29.8 Å². The molecule has 1 aliphatic rings. The van der Waals surface area contributed by atoms with Gasteiger partial charge >= 0.3 is 0 Å². The van der Waals surface area contributed by atoms with Crippen LogP contribution >= 0.6 is 23.8 Å². The molecule has 1 aliphatic heterocycles. The van der Waals surface area contributed by atoms with Gasteiger partial charge in [-0.25, -0.2) is 0 Å². The van der Waals surface area contributed by atoms with Gasteiger partial charge in [0.25, 0.3) is 5.91 Å². The number of likely N-dealkylation sites (N-methyl/N-ethyl adjacent to an activating group) is 1. The van der Waals surface area contributed by atoms with Gasteiger partial charge in [0.1, 0.15) is 5.70 Å². The van der Waals surface area contributed by atoms with Crippen molar-refractivity contribution in [2.24, 2.45) is 0 Å². The maximum atomic E-state index is 11.7. The fraction of sp³-hybridized carbons (Fsp3) is 0.0909. The number of thiocarbonyl (C=S) groups is 1. The first kappa shape index (κ1) is 11.1. The SMILES string of the molecule is CN1C(=O)C(=Cc2ccccc2Cl)NC1=S. The van der Waals surface area contributed by atoms with Gasteiger partial charge in [-0.05, 0) is 29.9 Å². The van der Waals surface area contributed by atoms with Gasteiger partial charge in [0.2, 0.25) is 0 Å². The number of benzene rings is 1. The number of carbonyl (C=O) groups is 1. The lowest BCUT2D eigenvalue weighted by molar-refractivity contribution is -0.121. The number of amides is 1. The van der Waals surface area contributed by atoms with E-state index in [1.807, 2.05) is 18.2 Å². The molecule has 5 heteroatoms. The fourth-order valence-corrected chi connectivity index (χ4v) is 1.75. The summed E-state index contributed by atoms with van der Waals surface area (Å²) in [7, 11) is 1.63. The molecule has 0 radical (unpaired) electrons. The molecule has 1 saturated heterocycles. The molecular weight excluding hydrogens is 244 g/mol. The van der Waals surface area contributed by atoms with Crippen molar-refractivity contribution < 1.29 is 4.79 Å². The van der Waals surface area contributed by atoms with E-state index in [1.54, 1.807) is 19.2 Å². The number of carbonyl (C=O) groups excluding carboxylic acids is 1. The summed E-state index contributed by atoms with van der Waals surface area (Å²) in [4.78, 5) is 13.1. The van der Waals surface area contributed by atoms with E-state index in [2.05, 4.69) is 5.32 Å². The smallest absolute Gasteiger partial charge is 0.276 e. The van der Waals surface area contributed by atoms with E-state index in [-0.39, 0.29) is 5.91 Å². The van der Waals surface area contributed by atoms with Crippen LogP contribution in [0.15, 0.2) is 30.0 Å². The molecule has 1 aromatic rings. The molecule has 0 saturated carbocycles. The maximum Gasteiger partial charge on any atom is 0.276 e. The lowest BCUT2D eigenvalue weighted by Crippen LogP contribution is -2.25. The number of nitrogens with one attached hydrogen (secondary N) is 1. The highest BCUT2D eigenvalue weighted by Crippen LogP contribution is 2.19. The summed E-state index contributed by atoms with van der Waals surface area (Å²) in [5.41, 5.74) is 1.23. The van der Waals surface area contributed by atoms with Crippen molar-refractivity contribution in [1.29, 1.82) is 0 Å². The molecule has 1 fully saturated rings. The molecule has 82 valence electrons. The van der Waals surface area contributed by atoms with Crippen LogP contribution in [-0.4, -0.2) is 23.0 Å². The second-order valence-electron chi connectivity index (χ2n) is 3.37. The molecular formula is C11H9ClN2OS. The van der Waals surface area contributed by atoms with Crippen molar-refractivity contribution in [3.05, 3.63) is 40.5 Å². The number of hydrogen-bond acceptors (Lipinski definition) is 2. The average Bonchev–Trinajstić information content (AvgIpc) is 2.50. The molecule has 0 atom stereocenters. The second kappa shape index (κ2) is 4.23. The average molecular weight is 253 g/mol. The Morgan fingerprint density at radius 2 is 2.12 bits per heavy atom.